The molecule has 1 aromatic rings. The molecule has 0 bridgehead atoms. The lowest BCUT2D eigenvalue weighted by atomic mass is 10.0. The first-order chi connectivity index (χ1) is 11.7. The van der Waals surface area contributed by atoms with Crippen LogP contribution in [-0.4, -0.2) is 24.3 Å². The van der Waals surface area contributed by atoms with E-state index in [0.717, 1.165) is 37.3 Å². The SMILES string of the molecule is CCCCCCCCNC(C)C(O)c1ccc(OCCCC)cc1. The van der Waals surface area contributed by atoms with Crippen LogP contribution in [0.15, 0.2) is 24.3 Å². The quantitative estimate of drug-likeness (QED) is 0.457. The Labute approximate surface area is 148 Å². The fourth-order valence-electron chi connectivity index (χ4n) is 2.73. The van der Waals surface area contributed by atoms with Crippen LogP contribution >= 0.6 is 0 Å². The minimum Gasteiger partial charge on any atom is -0.494 e. The van der Waals surface area contributed by atoms with Crippen molar-refractivity contribution < 1.29 is 9.84 Å². The zero-order chi connectivity index (χ0) is 17.6. The molecule has 2 unspecified atom stereocenters. The van der Waals surface area contributed by atoms with Gasteiger partial charge in [-0.15, -0.1) is 0 Å². The third-order valence-electron chi connectivity index (χ3n) is 4.46. The van der Waals surface area contributed by atoms with Crippen molar-refractivity contribution in [3.8, 4) is 5.75 Å². The molecule has 0 saturated carbocycles. The molecule has 0 fully saturated rings. The maximum atomic E-state index is 10.5. The molecule has 0 spiro atoms. The first kappa shape index (κ1) is 21.0. The molecule has 1 rings (SSSR count). The van der Waals surface area contributed by atoms with E-state index in [-0.39, 0.29) is 6.04 Å². The second-order valence-electron chi connectivity index (χ2n) is 6.73. The number of benzene rings is 1. The van der Waals surface area contributed by atoms with Gasteiger partial charge in [0.1, 0.15) is 5.75 Å². The molecule has 138 valence electrons. The van der Waals surface area contributed by atoms with Crippen molar-refractivity contribution in [2.24, 2.45) is 0 Å². The molecular weight excluding hydrogens is 298 g/mol. The summed E-state index contributed by atoms with van der Waals surface area (Å²) in [6.07, 6.45) is 9.51. The zero-order valence-electron chi connectivity index (χ0n) is 15.9. The number of nitrogens with one attached hydrogen (secondary N) is 1. The Hall–Kier alpha value is -1.06. The maximum Gasteiger partial charge on any atom is 0.119 e. The highest BCUT2D eigenvalue weighted by Gasteiger charge is 2.15. The lowest BCUT2D eigenvalue weighted by Gasteiger charge is -2.21. The summed E-state index contributed by atoms with van der Waals surface area (Å²) in [5.74, 6) is 0.882. The summed E-state index contributed by atoms with van der Waals surface area (Å²) < 4.78 is 5.66. The number of hydrogen-bond donors (Lipinski definition) is 2. The van der Waals surface area contributed by atoms with Gasteiger partial charge in [0, 0.05) is 6.04 Å². The number of hydrogen-bond acceptors (Lipinski definition) is 3. The van der Waals surface area contributed by atoms with Crippen LogP contribution < -0.4 is 10.1 Å². The van der Waals surface area contributed by atoms with Gasteiger partial charge in [0.25, 0.3) is 0 Å². The fourth-order valence-corrected chi connectivity index (χ4v) is 2.73. The Kier molecular flexibility index (Phi) is 11.6. The van der Waals surface area contributed by atoms with Gasteiger partial charge in [-0.1, -0.05) is 64.5 Å². The van der Waals surface area contributed by atoms with E-state index in [2.05, 4.69) is 19.2 Å². The molecule has 0 amide bonds. The summed E-state index contributed by atoms with van der Waals surface area (Å²) in [5.41, 5.74) is 0.945. The van der Waals surface area contributed by atoms with E-state index >= 15 is 0 Å². The summed E-state index contributed by atoms with van der Waals surface area (Å²) in [6, 6.07) is 7.90. The van der Waals surface area contributed by atoms with Gasteiger partial charge in [-0.3, -0.25) is 0 Å². The Morgan fingerprint density at radius 2 is 1.54 bits per heavy atom. The molecule has 0 radical (unpaired) electrons. The Bertz CT molecular complexity index is 405. The third kappa shape index (κ3) is 8.70. The summed E-state index contributed by atoms with van der Waals surface area (Å²) in [7, 11) is 0. The standard InChI is InChI=1S/C21H37NO2/c1-4-6-8-9-10-11-16-22-18(3)21(23)19-12-14-20(15-13-19)24-17-7-5-2/h12-15,18,21-23H,4-11,16-17H2,1-3H3. The van der Waals surface area contributed by atoms with Crippen molar-refractivity contribution in [1.82, 2.24) is 5.32 Å². The summed E-state index contributed by atoms with van der Waals surface area (Å²) in [5, 5.41) is 13.9. The highest BCUT2D eigenvalue weighted by molar-refractivity contribution is 5.29. The second kappa shape index (κ2) is 13.3. The fraction of sp³-hybridized carbons (Fsp3) is 0.714. The molecule has 3 nitrogen and oxygen atoms in total. The Morgan fingerprint density at radius 1 is 0.917 bits per heavy atom. The Balaban J connectivity index is 2.25. The number of ether oxygens (including phenoxy) is 1. The average molecular weight is 336 g/mol. The highest BCUT2D eigenvalue weighted by atomic mass is 16.5. The largest absolute Gasteiger partial charge is 0.494 e. The summed E-state index contributed by atoms with van der Waals surface area (Å²) in [4.78, 5) is 0. The van der Waals surface area contributed by atoms with Crippen LogP contribution in [-0.2, 0) is 0 Å². The molecule has 0 saturated heterocycles. The van der Waals surface area contributed by atoms with E-state index < -0.39 is 6.10 Å². The normalized spacial score (nSPS) is 13.7. The molecule has 2 N–H and O–H groups in total. The summed E-state index contributed by atoms with van der Waals surface area (Å²) in [6.45, 7) is 8.18. The first-order valence-electron chi connectivity index (χ1n) is 9.83. The van der Waals surface area contributed by atoms with Crippen molar-refractivity contribution in [3.05, 3.63) is 29.8 Å². The molecule has 0 aromatic heterocycles. The van der Waals surface area contributed by atoms with Crippen LogP contribution in [0.4, 0.5) is 0 Å². The van der Waals surface area contributed by atoms with Gasteiger partial charge in [-0.2, -0.15) is 0 Å². The number of aliphatic hydroxyl groups is 1. The Morgan fingerprint density at radius 3 is 2.21 bits per heavy atom. The van der Waals surface area contributed by atoms with Gasteiger partial charge in [-0.25, -0.2) is 0 Å². The zero-order valence-corrected chi connectivity index (χ0v) is 15.9. The monoisotopic (exact) mass is 335 g/mol. The van der Waals surface area contributed by atoms with Crippen molar-refractivity contribution in [3.63, 3.8) is 0 Å². The van der Waals surface area contributed by atoms with Gasteiger partial charge in [0.2, 0.25) is 0 Å². The van der Waals surface area contributed by atoms with Crippen LogP contribution in [0.3, 0.4) is 0 Å². The van der Waals surface area contributed by atoms with Gasteiger partial charge < -0.3 is 15.2 Å². The molecular formula is C21H37NO2. The van der Waals surface area contributed by atoms with Crippen molar-refractivity contribution >= 4 is 0 Å². The summed E-state index contributed by atoms with van der Waals surface area (Å²) >= 11 is 0. The predicted octanol–water partition coefficient (Wildman–Crippen LogP) is 5.24. The van der Waals surface area contributed by atoms with Gasteiger partial charge in [0.15, 0.2) is 0 Å². The molecule has 24 heavy (non-hydrogen) atoms. The minimum atomic E-state index is -0.477. The van der Waals surface area contributed by atoms with E-state index in [0.29, 0.717) is 0 Å². The predicted molar refractivity (Wildman–Crippen MR) is 103 cm³/mol. The van der Waals surface area contributed by atoms with Crippen LogP contribution in [0.5, 0.6) is 5.75 Å². The first-order valence-corrected chi connectivity index (χ1v) is 9.83. The number of rotatable bonds is 14. The molecule has 0 heterocycles. The van der Waals surface area contributed by atoms with E-state index in [9.17, 15) is 5.11 Å². The topological polar surface area (TPSA) is 41.5 Å². The van der Waals surface area contributed by atoms with E-state index in [1.165, 1.54) is 38.5 Å². The second-order valence-corrected chi connectivity index (χ2v) is 6.73. The molecule has 0 aliphatic heterocycles. The number of unbranched alkanes of at least 4 members (excludes halogenated alkanes) is 6. The van der Waals surface area contributed by atoms with Crippen molar-refractivity contribution in [2.75, 3.05) is 13.2 Å². The van der Waals surface area contributed by atoms with E-state index in [1.807, 2.05) is 31.2 Å². The highest BCUT2D eigenvalue weighted by Crippen LogP contribution is 2.20. The van der Waals surface area contributed by atoms with E-state index in [1.54, 1.807) is 0 Å². The van der Waals surface area contributed by atoms with Crippen molar-refractivity contribution in [1.29, 1.82) is 0 Å². The maximum absolute atomic E-state index is 10.5. The van der Waals surface area contributed by atoms with Crippen molar-refractivity contribution in [2.45, 2.75) is 84.3 Å². The van der Waals surface area contributed by atoms with Crippen LogP contribution in [0.1, 0.15) is 83.8 Å². The van der Waals surface area contributed by atoms with Crippen LogP contribution in [0.2, 0.25) is 0 Å². The number of aliphatic hydroxyl groups excluding tert-OH is 1. The lowest BCUT2D eigenvalue weighted by molar-refractivity contribution is 0.136. The van der Waals surface area contributed by atoms with Gasteiger partial charge >= 0.3 is 0 Å². The van der Waals surface area contributed by atoms with Gasteiger partial charge in [-0.05, 0) is 44.0 Å². The average Bonchev–Trinajstić information content (AvgIpc) is 2.61. The van der Waals surface area contributed by atoms with Crippen LogP contribution in [0.25, 0.3) is 0 Å². The third-order valence-corrected chi connectivity index (χ3v) is 4.46. The minimum absolute atomic E-state index is 0.0625. The van der Waals surface area contributed by atoms with E-state index in [4.69, 9.17) is 4.74 Å². The smallest absolute Gasteiger partial charge is 0.119 e. The molecule has 0 aliphatic carbocycles. The van der Waals surface area contributed by atoms with Gasteiger partial charge in [0.05, 0.1) is 12.7 Å². The molecule has 2 atom stereocenters. The molecule has 0 aliphatic rings. The molecule has 3 heteroatoms. The lowest BCUT2D eigenvalue weighted by Crippen LogP contribution is -2.32. The van der Waals surface area contributed by atoms with Crippen LogP contribution in [0, 0.1) is 0 Å². The molecule has 1 aromatic carbocycles.